The zero-order valence-electron chi connectivity index (χ0n) is 21.9. The molecule has 1 N–H and O–H groups in total. The highest BCUT2D eigenvalue weighted by Crippen LogP contribution is 2.43. The minimum Gasteiger partial charge on any atom is -0.489 e. The Morgan fingerprint density at radius 1 is 1.15 bits per heavy atom. The molecule has 1 saturated carbocycles. The third kappa shape index (κ3) is 5.66. The molecule has 2 fully saturated rings. The number of rotatable bonds is 7. The standard InChI is InChI=1S/C28H26ClF3N4O4S/c1-15-6-16(29)7-22(25(15)40-19-8-17(9-19)35-11-18(37)12-35)21-2-4-33-23-10-20(41-26(21)23)13-36-24(38)3-5-34(27(36)39)14-28(30,31)32/h2-7,10,17-19,37H,8-9,11-14H2,1H3. The van der Waals surface area contributed by atoms with Gasteiger partial charge in [-0.15, -0.1) is 11.3 Å². The van der Waals surface area contributed by atoms with E-state index in [1.165, 1.54) is 11.3 Å². The predicted molar refractivity (Wildman–Crippen MR) is 150 cm³/mol. The molecule has 3 aromatic heterocycles. The van der Waals surface area contributed by atoms with Gasteiger partial charge in [-0.05, 0) is 36.8 Å². The molecule has 0 spiro atoms. The number of thiophene rings is 1. The van der Waals surface area contributed by atoms with Crippen LogP contribution in [-0.4, -0.2) is 61.6 Å². The number of ether oxygens (including phenoxy) is 1. The molecule has 0 radical (unpaired) electrons. The van der Waals surface area contributed by atoms with Gasteiger partial charge in [0.05, 0.1) is 22.9 Å². The Morgan fingerprint density at radius 2 is 1.90 bits per heavy atom. The van der Waals surface area contributed by atoms with Gasteiger partial charge in [0.25, 0.3) is 5.56 Å². The Hall–Kier alpha value is -3.19. The number of aliphatic hydroxyl groups is 1. The van der Waals surface area contributed by atoms with Gasteiger partial charge in [-0.25, -0.2) is 4.79 Å². The molecule has 4 aromatic rings. The first kappa shape index (κ1) is 28.0. The number of hydrogen-bond acceptors (Lipinski definition) is 7. The van der Waals surface area contributed by atoms with Crippen molar-refractivity contribution >= 4 is 33.2 Å². The van der Waals surface area contributed by atoms with Crippen molar-refractivity contribution < 1.29 is 23.0 Å². The summed E-state index contributed by atoms with van der Waals surface area (Å²) in [7, 11) is 0. The second kappa shape index (κ2) is 10.6. The zero-order chi connectivity index (χ0) is 29.1. The fourth-order valence-electron chi connectivity index (χ4n) is 5.42. The molecule has 2 aliphatic rings. The number of aryl methyl sites for hydroxylation is 1. The number of benzene rings is 1. The van der Waals surface area contributed by atoms with Crippen molar-refractivity contribution in [3.8, 4) is 16.9 Å². The number of nitrogens with zero attached hydrogens (tertiary/aromatic N) is 4. The molecular weight excluding hydrogens is 581 g/mol. The average Bonchev–Trinajstić information content (AvgIpc) is 3.27. The maximum atomic E-state index is 12.9. The summed E-state index contributed by atoms with van der Waals surface area (Å²) in [5.74, 6) is 0.707. The highest BCUT2D eigenvalue weighted by molar-refractivity contribution is 7.19. The van der Waals surface area contributed by atoms with Crippen LogP contribution >= 0.6 is 22.9 Å². The molecular formula is C28H26ClF3N4O4S. The smallest absolute Gasteiger partial charge is 0.406 e. The van der Waals surface area contributed by atoms with Crippen molar-refractivity contribution in [2.75, 3.05) is 13.1 Å². The Kier molecular flexibility index (Phi) is 7.21. The topological polar surface area (TPSA) is 89.6 Å². The number of likely N-dealkylation sites (tertiary alicyclic amines) is 1. The summed E-state index contributed by atoms with van der Waals surface area (Å²) in [6.45, 7) is 1.65. The molecule has 1 aromatic carbocycles. The molecule has 8 nitrogen and oxygen atoms in total. The first-order valence-electron chi connectivity index (χ1n) is 13.1. The fraction of sp³-hybridized carbons (Fsp3) is 0.393. The van der Waals surface area contributed by atoms with Gasteiger partial charge in [-0.1, -0.05) is 11.6 Å². The van der Waals surface area contributed by atoms with Crippen LogP contribution in [0, 0.1) is 6.92 Å². The molecule has 13 heteroatoms. The van der Waals surface area contributed by atoms with Crippen LogP contribution in [0.1, 0.15) is 23.3 Å². The Morgan fingerprint density at radius 3 is 2.61 bits per heavy atom. The van der Waals surface area contributed by atoms with E-state index < -0.39 is 24.0 Å². The summed E-state index contributed by atoms with van der Waals surface area (Å²) in [6, 6.07) is 8.60. The van der Waals surface area contributed by atoms with E-state index in [1.807, 2.05) is 25.1 Å². The molecule has 0 unspecified atom stereocenters. The number of hydrogen-bond donors (Lipinski definition) is 1. The molecule has 4 heterocycles. The van der Waals surface area contributed by atoms with Crippen molar-refractivity contribution in [2.24, 2.45) is 0 Å². The highest BCUT2D eigenvalue weighted by atomic mass is 35.5. The van der Waals surface area contributed by atoms with Crippen molar-refractivity contribution in [1.82, 2.24) is 19.0 Å². The minimum atomic E-state index is -4.60. The largest absolute Gasteiger partial charge is 0.489 e. The van der Waals surface area contributed by atoms with Crippen molar-refractivity contribution in [3.05, 3.63) is 79.0 Å². The first-order chi connectivity index (χ1) is 19.4. The van der Waals surface area contributed by atoms with Gasteiger partial charge in [0, 0.05) is 71.5 Å². The van der Waals surface area contributed by atoms with Crippen LogP contribution in [0.25, 0.3) is 21.3 Å². The summed E-state index contributed by atoms with van der Waals surface area (Å²) >= 11 is 7.77. The number of β-amino-alcohol motifs (C(OH)–C–C–N with tert-alkyl or cyclic N) is 1. The summed E-state index contributed by atoms with van der Waals surface area (Å²) < 4.78 is 47.3. The van der Waals surface area contributed by atoms with E-state index in [4.69, 9.17) is 16.3 Å². The van der Waals surface area contributed by atoms with Crippen LogP contribution in [0.2, 0.25) is 5.02 Å². The minimum absolute atomic E-state index is 0.0245. The molecule has 0 amide bonds. The van der Waals surface area contributed by atoms with Crippen molar-refractivity contribution in [3.63, 3.8) is 0 Å². The average molecular weight is 607 g/mol. The molecule has 6 rings (SSSR count). The van der Waals surface area contributed by atoms with Crippen LogP contribution in [0.15, 0.2) is 52.3 Å². The second-order valence-electron chi connectivity index (χ2n) is 10.6. The first-order valence-corrected chi connectivity index (χ1v) is 14.3. The lowest BCUT2D eigenvalue weighted by Gasteiger charge is -2.48. The van der Waals surface area contributed by atoms with Gasteiger partial charge in [0.1, 0.15) is 18.4 Å². The van der Waals surface area contributed by atoms with Gasteiger partial charge < -0.3 is 9.84 Å². The Labute approximate surface area is 241 Å². The zero-order valence-corrected chi connectivity index (χ0v) is 23.5. The van der Waals surface area contributed by atoms with Crippen molar-refractivity contribution in [1.29, 1.82) is 0 Å². The second-order valence-corrected chi connectivity index (χ2v) is 12.2. The molecule has 0 bridgehead atoms. The van der Waals surface area contributed by atoms with Gasteiger partial charge in [0.2, 0.25) is 0 Å². The van der Waals surface area contributed by atoms with E-state index >= 15 is 0 Å². The molecule has 41 heavy (non-hydrogen) atoms. The van der Waals surface area contributed by atoms with E-state index in [0.29, 0.717) is 44.9 Å². The molecule has 216 valence electrons. The number of alkyl halides is 3. The van der Waals surface area contributed by atoms with Crippen LogP contribution in [-0.2, 0) is 13.1 Å². The van der Waals surface area contributed by atoms with Crippen LogP contribution in [0.3, 0.4) is 0 Å². The number of halogens is 4. The van der Waals surface area contributed by atoms with Crippen LogP contribution in [0.4, 0.5) is 13.2 Å². The molecule has 0 atom stereocenters. The number of pyridine rings is 1. The Bertz CT molecular complexity index is 1740. The Balaban J connectivity index is 1.31. The lowest BCUT2D eigenvalue weighted by Crippen LogP contribution is -2.60. The maximum Gasteiger partial charge on any atom is 0.406 e. The summed E-state index contributed by atoms with van der Waals surface area (Å²) in [5.41, 5.74) is 1.36. The van der Waals surface area contributed by atoms with Crippen LogP contribution in [0.5, 0.6) is 5.75 Å². The maximum absolute atomic E-state index is 12.9. The van der Waals surface area contributed by atoms with Gasteiger partial charge in [-0.3, -0.25) is 23.8 Å². The molecule has 1 aliphatic heterocycles. The van der Waals surface area contributed by atoms with E-state index in [-0.39, 0.29) is 18.8 Å². The van der Waals surface area contributed by atoms with Crippen LogP contribution < -0.4 is 16.0 Å². The molecule has 1 aliphatic carbocycles. The normalized spacial score (nSPS) is 19.8. The lowest BCUT2D eigenvalue weighted by atomic mass is 9.85. The van der Waals surface area contributed by atoms with Crippen molar-refractivity contribution in [2.45, 2.75) is 57.3 Å². The van der Waals surface area contributed by atoms with Gasteiger partial charge in [-0.2, -0.15) is 13.2 Å². The summed E-state index contributed by atoms with van der Waals surface area (Å²) in [6.07, 6.45) is -0.591. The van der Waals surface area contributed by atoms with E-state index in [1.54, 1.807) is 12.3 Å². The highest BCUT2D eigenvalue weighted by Gasteiger charge is 2.40. The van der Waals surface area contributed by atoms with Gasteiger partial charge in [0.15, 0.2) is 0 Å². The molecule has 1 saturated heterocycles. The third-order valence-corrected chi connectivity index (χ3v) is 8.92. The number of aliphatic hydroxyl groups excluding tert-OH is 1. The van der Waals surface area contributed by atoms with E-state index in [9.17, 15) is 27.9 Å². The quantitative estimate of drug-likeness (QED) is 0.335. The monoisotopic (exact) mass is 606 g/mol. The third-order valence-electron chi connectivity index (χ3n) is 7.56. The SMILES string of the molecule is Cc1cc(Cl)cc(-c2ccnc3cc(Cn4c(=O)ccn(CC(F)(F)F)c4=O)sc23)c1OC1CC(N2CC(O)C2)C1. The fourth-order valence-corrected chi connectivity index (χ4v) is 6.82. The van der Waals surface area contributed by atoms with Gasteiger partial charge >= 0.3 is 11.9 Å². The predicted octanol–water partition coefficient (Wildman–Crippen LogP) is 4.45. The number of fused-ring (bicyclic) bond motifs is 1. The summed E-state index contributed by atoms with van der Waals surface area (Å²) in [4.78, 5) is 32.4. The van der Waals surface area contributed by atoms with E-state index in [0.717, 1.165) is 51.1 Å². The lowest BCUT2D eigenvalue weighted by molar-refractivity contribution is -0.141. The van der Waals surface area contributed by atoms with E-state index in [2.05, 4.69) is 9.88 Å². The number of aromatic nitrogens is 3. The summed E-state index contributed by atoms with van der Waals surface area (Å²) in [5, 5.41) is 10.1.